The normalized spacial score (nSPS) is 12.6. The number of alkyl halides is 1. The molecule has 0 aromatic carbocycles. The fraction of sp³-hybridized carbons (Fsp3) is 0.800. The second kappa shape index (κ2) is 7.81. The zero-order valence-corrected chi connectivity index (χ0v) is 9.86. The minimum atomic E-state index is 0.356. The molecule has 0 heterocycles. The number of ether oxygens (including phenoxy) is 1. The van der Waals surface area contributed by atoms with Gasteiger partial charge in [0.25, 0.3) is 0 Å². The highest BCUT2D eigenvalue weighted by atomic mass is 79.9. The average molecular weight is 235 g/mol. The van der Waals surface area contributed by atoms with Crippen molar-refractivity contribution >= 4 is 15.9 Å². The van der Waals surface area contributed by atoms with Crippen LogP contribution in [0, 0.1) is 0 Å². The number of hydrogen-bond acceptors (Lipinski definition) is 1. The van der Waals surface area contributed by atoms with E-state index in [9.17, 15) is 0 Å². The Bertz CT molecular complexity index is 130. The highest BCUT2D eigenvalue weighted by Crippen LogP contribution is 2.03. The van der Waals surface area contributed by atoms with E-state index < -0.39 is 0 Å². The summed E-state index contributed by atoms with van der Waals surface area (Å²) in [5, 5.41) is 1.05. The van der Waals surface area contributed by atoms with Crippen LogP contribution in [0.5, 0.6) is 0 Å². The lowest BCUT2D eigenvalue weighted by Gasteiger charge is -2.06. The Morgan fingerprint density at radius 3 is 2.67 bits per heavy atom. The molecule has 0 aliphatic heterocycles. The summed E-state index contributed by atoms with van der Waals surface area (Å²) in [6.07, 6.45) is 4.80. The Morgan fingerprint density at radius 1 is 1.50 bits per heavy atom. The van der Waals surface area contributed by atoms with Crippen molar-refractivity contribution in [3.63, 3.8) is 0 Å². The van der Waals surface area contributed by atoms with Gasteiger partial charge in [-0.15, -0.1) is 0 Å². The molecule has 0 N–H and O–H groups in total. The lowest BCUT2D eigenvalue weighted by molar-refractivity contribution is 0.0813. The zero-order valence-electron chi connectivity index (χ0n) is 8.27. The monoisotopic (exact) mass is 234 g/mol. The minimum Gasteiger partial charge on any atom is -0.378 e. The van der Waals surface area contributed by atoms with Gasteiger partial charge in [-0.3, -0.25) is 0 Å². The molecule has 0 amide bonds. The van der Waals surface area contributed by atoms with Crippen LogP contribution in [0.3, 0.4) is 0 Å². The first kappa shape index (κ1) is 12.2. The second-order valence-corrected chi connectivity index (χ2v) is 3.99. The summed E-state index contributed by atoms with van der Waals surface area (Å²) in [6.45, 7) is 7.14. The molecule has 0 aromatic rings. The Labute approximate surface area is 84.3 Å². The molecular formula is C10H19BrO. The third-order valence-electron chi connectivity index (χ3n) is 1.55. The lowest BCUT2D eigenvalue weighted by Crippen LogP contribution is -2.03. The van der Waals surface area contributed by atoms with E-state index in [1.165, 1.54) is 5.57 Å². The van der Waals surface area contributed by atoms with Crippen molar-refractivity contribution < 1.29 is 4.74 Å². The van der Waals surface area contributed by atoms with Crippen LogP contribution in [0.1, 0.15) is 33.6 Å². The van der Waals surface area contributed by atoms with E-state index >= 15 is 0 Å². The SMILES string of the molecule is C/C(=C\CCBr)CCOC(C)C. The van der Waals surface area contributed by atoms with Crippen molar-refractivity contribution in [2.75, 3.05) is 11.9 Å². The molecule has 2 heteroatoms. The maximum absolute atomic E-state index is 5.44. The summed E-state index contributed by atoms with van der Waals surface area (Å²) < 4.78 is 5.44. The van der Waals surface area contributed by atoms with Crippen LogP contribution in [0.25, 0.3) is 0 Å². The molecule has 0 unspecified atom stereocenters. The van der Waals surface area contributed by atoms with Crippen LogP contribution in [-0.2, 0) is 4.74 Å². The van der Waals surface area contributed by atoms with Gasteiger partial charge < -0.3 is 4.74 Å². The Hall–Kier alpha value is 0.180. The quantitative estimate of drug-likeness (QED) is 0.505. The summed E-state index contributed by atoms with van der Waals surface area (Å²) in [7, 11) is 0. The highest BCUT2D eigenvalue weighted by molar-refractivity contribution is 9.09. The molecule has 12 heavy (non-hydrogen) atoms. The maximum atomic E-state index is 5.44. The second-order valence-electron chi connectivity index (χ2n) is 3.20. The third kappa shape index (κ3) is 8.28. The molecular weight excluding hydrogens is 216 g/mol. The average Bonchev–Trinajstić information content (AvgIpc) is 2.00. The van der Waals surface area contributed by atoms with E-state index in [2.05, 4.69) is 42.8 Å². The van der Waals surface area contributed by atoms with Gasteiger partial charge in [-0.1, -0.05) is 27.6 Å². The minimum absolute atomic E-state index is 0.356. The van der Waals surface area contributed by atoms with Crippen molar-refractivity contribution in [2.24, 2.45) is 0 Å². The molecule has 0 saturated carbocycles. The summed E-state index contributed by atoms with van der Waals surface area (Å²) in [5.74, 6) is 0. The highest BCUT2D eigenvalue weighted by Gasteiger charge is 1.93. The van der Waals surface area contributed by atoms with Gasteiger partial charge >= 0.3 is 0 Å². The Morgan fingerprint density at radius 2 is 2.17 bits per heavy atom. The first-order valence-electron chi connectivity index (χ1n) is 4.50. The fourth-order valence-electron chi connectivity index (χ4n) is 0.859. The van der Waals surface area contributed by atoms with E-state index in [4.69, 9.17) is 4.74 Å². The number of allylic oxidation sites excluding steroid dienone is 1. The smallest absolute Gasteiger partial charge is 0.0519 e. The molecule has 0 rings (SSSR count). The van der Waals surface area contributed by atoms with Crippen LogP contribution < -0.4 is 0 Å². The van der Waals surface area contributed by atoms with Crippen molar-refractivity contribution in [2.45, 2.75) is 39.7 Å². The summed E-state index contributed by atoms with van der Waals surface area (Å²) in [6, 6.07) is 0. The number of rotatable bonds is 6. The van der Waals surface area contributed by atoms with E-state index in [1.54, 1.807) is 0 Å². The van der Waals surface area contributed by atoms with Gasteiger partial charge in [0.15, 0.2) is 0 Å². The van der Waals surface area contributed by atoms with Crippen molar-refractivity contribution in [3.05, 3.63) is 11.6 Å². The molecule has 0 aromatic heterocycles. The van der Waals surface area contributed by atoms with Crippen molar-refractivity contribution in [1.29, 1.82) is 0 Å². The lowest BCUT2D eigenvalue weighted by atomic mass is 10.2. The molecule has 0 spiro atoms. The van der Waals surface area contributed by atoms with Gasteiger partial charge in [-0.25, -0.2) is 0 Å². The van der Waals surface area contributed by atoms with Crippen LogP contribution in [0.15, 0.2) is 11.6 Å². The van der Waals surface area contributed by atoms with Crippen molar-refractivity contribution in [3.8, 4) is 0 Å². The van der Waals surface area contributed by atoms with Gasteiger partial charge in [0, 0.05) is 5.33 Å². The Kier molecular flexibility index (Phi) is 7.93. The molecule has 0 aliphatic rings. The molecule has 0 bridgehead atoms. The fourth-order valence-corrected chi connectivity index (χ4v) is 1.09. The summed E-state index contributed by atoms with van der Waals surface area (Å²) in [4.78, 5) is 0. The van der Waals surface area contributed by atoms with Crippen LogP contribution in [-0.4, -0.2) is 18.0 Å². The molecule has 72 valence electrons. The largest absolute Gasteiger partial charge is 0.378 e. The van der Waals surface area contributed by atoms with E-state index in [1.807, 2.05) is 0 Å². The van der Waals surface area contributed by atoms with Crippen molar-refractivity contribution in [1.82, 2.24) is 0 Å². The third-order valence-corrected chi connectivity index (χ3v) is 2.01. The molecule has 0 aliphatic carbocycles. The predicted octanol–water partition coefficient (Wildman–Crippen LogP) is 3.53. The number of hydrogen-bond donors (Lipinski definition) is 0. The van der Waals surface area contributed by atoms with Gasteiger partial charge in [0.1, 0.15) is 0 Å². The van der Waals surface area contributed by atoms with Gasteiger partial charge in [-0.05, 0) is 33.6 Å². The maximum Gasteiger partial charge on any atom is 0.0519 e. The van der Waals surface area contributed by atoms with Crippen LogP contribution in [0.4, 0.5) is 0 Å². The first-order chi connectivity index (χ1) is 5.66. The molecule has 0 fully saturated rings. The van der Waals surface area contributed by atoms with E-state index in [0.29, 0.717) is 6.10 Å². The number of halogens is 1. The summed E-state index contributed by atoms with van der Waals surface area (Å²) in [5.41, 5.74) is 1.43. The summed E-state index contributed by atoms with van der Waals surface area (Å²) >= 11 is 3.39. The molecule has 1 nitrogen and oxygen atoms in total. The van der Waals surface area contributed by atoms with E-state index in [0.717, 1.165) is 24.8 Å². The van der Waals surface area contributed by atoms with Gasteiger partial charge in [0.2, 0.25) is 0 Å². The van der Waals surface area contributed by atoms with Crippen LogP contribution >= 0.6 is 15.9 Å². The van der Waals surface area contributed by atoms with Gasteiger partial charge in [0.05, 0.1) is 12.7 Å². The molecule has 0 atom stereocenters. The first-order valence-corrected chi connectivity index (χ1v) is 5.62. The van der Waals surface area contributed by atoms with Crippen LogP contribution in [0.2, 0.25) is 0 Å². The molecule has 0 saturated heterocycles. The standard InChI is InChI=1S/C10H19BrO/c1-9(2)12-8-6-10(3)5-4-7-11/h5,9H,4,6-8H2,1-3H3/b10-5+. The zero-order chi connectivity index (χ0) is 9.40. The topological polar surface area (TPSA) is 9.23 Å². The predicted molar refractivity (Wildman–Crippen MR) is 57.9 cm³/mol. The van der Waals surface area contributed by atoms with E-state index in [-0.39, 0.29) is 0 Å². The molecule has 0 radical (unpaired) electrons. The van der Waals surface area contributed by atoms with Gasteiger partial charge in [-0.2, -0.15) is 0 Å². The Balaban J connectivity index is 3.36.